The normalized spacial score (nSPS) is 14.0. The number of nitrogens with one attached hydrogen (secondary N) is 2. The van der Waals surface area contributed by atoms with E-state index in [0.29, 0.717) is 11.8 Å². The lowest BCUT2D eigenvalue weighted by molar-refractivity contribution is -0.137. The van der Waals surface area contributed by atoms with Gasteiger partial charge in [0.05, 0.1) is 17.0 Å². The molecular formula is C19H20F3N3O3S. The number of anilines is 2. The molecule has 29 heavy (non-hydrogen) atoms. The van der Waals surface area contributed by atoms with Crippen molar-refractivity contribution in [2.45, 2.75) is 24.4 Å². The molecule has 0 unspecified atom stereocenters. The fourth-order valence-corrected chi connectivity index (χ4v) is 4.17. The predicted molar refractivity (Wildman–Crippen MR) is 103 cm³/mol. The molecule has 1 amide bonds. The summed E-state index contributed by atoms with van der Waals surface area (Å²) in [5.74, 6) is -0.624. The fourth-order valence-electron chi connectivity index (χ4n) is 3.14. The Morgan fingerprint density at radius 2 is 1.93 bits per heavy atom. The van der Waals surface area contributed by atoms with E-state index < -0.39 is 39.1 Å². The van der Waals surface area contributed by atoms with Crippen molar-refractivity contribution >= 4 is 27.3 Å². The Bertz CT molecular complexity index is 1020. The molecule has 156 valence electrons. The molecule has 0 atom stereocenters. The molecule has 0 aromatic heterocycles. The highest BCUT2D eigenvalue weighted by molar-refractivity contribution is 7.89. The van der Waals surface area contributed by atoms with E-state index in [0.717, 1.165) is 43.4 Å². The standard InChI is InChI=1S/C19H20F3N3O3S/c1-2-25-9-8-13-6-7-15(11-17(13)25)24-18(26)12-23-29(27,28)16-5-3-4-14(10-16)19(20,21)22/h3-7,10-11,23H,2,8-9,12H2,1H3,(H,24,26). The number of carbonyl (C=O) groups is 1. The van der Waals surface area contributed by atoms with E-state index in [1.165, 1.54) is 5.56 Å². The van der Waals surface area contributed by atoms with Gasteiger partial charge in [0.25, 0.3) is 0 Å². The van der Waals surface area contributed by atoms with E-state index in [-0.39, 0.29) is 0 Å². The van der Waals surface area contributed by atoms with E-state index in [1.807, 2.05) is 23.8 Å². The number of carbonyl (C=O) groups excluding carboxylic acids is 1. The predicted octanol–water partition coefficient (Wildman–Crippen LogP) is 3.00. The molecule has 1 aliphatic rings. The minimum Gasteiger partial charge on any atom is -0.371 e. The van der Waals surface area contributed by atoms with Crippen molar-refractivity contribution in [2.24, 2.45) is 0 Å². The van der Waals surface area contributed by atoms with Gasteiger partial charge in [0.2, 0.25) is 15.9 Å². The molecule has 1 heterocycles. The smallest absolute Gasteiger partial charge is 0.371 e. The molecule has 0 saturated carbocycles. The van der Waals surface area contributed by atoms with Gasteiger partial charge >= 0.3 is 6.18 Å². The van der Waals surface area contributed by atoms with Gasteiger partial charge in [-0.15, -0.1) is 0 Å². The molecular weight excluding hydrogens is 407 g/mol. The Morgan fingerprint density at radius 1 is 1.17 bits per heavy atom. The summed E-state index contributed by atoms with van der Waals surface area (Å²) in [6.45, 7) is 3.16. The largest absolute Gasteiger partial charge is 0.416 e. The number of amides is 1. The van der Waals surface area contributed by atoms with Crippen LogP contribution in [0.15, 0.2) is 47.4 Å². The molecule has 0 bridgehead atoms. The summed E-state index contributed by atoms with van der Waals surface area (Å²) in [6, 6.07) is 8.81. The molecule has 0 saturated heterocycles. The van der Waals surface area contributed by atoms with E-state index >= 15 is 0 Å². The third-order valence-electron chi connectivity index (χ3n) is 4.64. The second-order valence-electron chi connectivity index (χ2n) is 6.57. The maximum Gasteiger partial charge on any atom is 0.416 e. The zero-order valence-corrected chi connectivity index (χ0v) is 16.4. The molecule has 2 aromatic rings. The van der Waals surface area contributed by atoms with Crippen LogP contribution in [0.2, 0.25) is 0 Å². The number of hydrogen-bond acceptors (Lipinski definition) is 4. The van der Waals surface area contributed by atoms with Crippen LogP contribution >= 0.6 is 0 Å². The Morgan fingerprint density at radius 3 is 2.62 bits per heavy atom. The Balaban J connectivity index is 1.65. The molecule has 3 rings (SSSR count). The van der Waals surface area contributed by atoms with Gasteiger partial charge in [-0.1, -0.05) is 12.1 Å². The summed E-state index contributed by atoms with van der Waals surface area (Å²) < 4.78 is 64.8. The van der Waals surface area contributed by atoms with Crippen molar-refractivity contribution in [3.05, 3.63) is 53.6 Å². The summed E-state index contributed by atoms with van der Waals surface area (Å²) in [4.78, 5) is 13.7. The first-order chi connectivity index (χ1) is 13.6. The maximum atomic E-state index is 12.8. The van der Waals surface area contributed by atoms with E-state index in [4.69, 9.17) is 0 Å². The van der Waals surface area contributed by atoms with Crippen molar-refractivity contribution < 1.29 is 26.4 Å². The summed E-state index contributed by atoms with van der Waals surface area (Å²) in [5, 5.41) is 2.60. The van der Waals surface area contributed by atoms with Crippen LogP contribution in [-0.4, -0.2) is 34.0 Å². The first kappa shape index (κ1) is 21.1. The van der Waals surface area contributed by atoms with Crippen LogP contribution in [-0.2, 0) is 27.4 Å². The van der Waals surface area contributed by atoms with Crippen molar-refractivity contribution in [3.63, 3.8) is 0 Å². The molecule has 2 N–H and O–H groups in total. The average molecular weight is 427 g/mol. The van der Waals surface area contributed by atoms with Crippen molar-refractivity contribution in [3.8, 4) is 0 Å². The first-order valence-electron chi connectivity index (χ1n) is 8.95. The second kappa shape index (κ2) is 8.03. The first-order valence-corrected chi connectivity index (χ1v) is 10.4. The zero-order chi connectivity index (χ0) is 21.2. The molecule has 10 heteroatoms. The van der Waals surface area contributed by atoms with Crippen LogP contribution in [0.25, 0.3) is 0 Å². The highest BCUT2D eigenvalue weighted by Crippen LogP contribution is 2.31. The number of alkyl halides is 3. The lowest BCUT2D eigenvalue weighted by atomic mass is 10.1. The van der Waals surface area contributed by atoms with Crippen LogP contribution in [0, 0.1) is 0 Å². The Kier molecular flexibility index (Phi) is 5.85. The van der Waals surface area contributed by atoms with Crippen molar-refractivity contribution in [2.75, 3.05) is 29.9 Å². The lowest BCUT2D eigenvalue weighted by Crippen LogP contribution is -2.33. The second-order valence-corrected chi connectivity index (χ2v) is 8.34. The van der Waals surface area contributed by atoms with Gasteiger partial charge in [-0.3, -0.25) is 4.79 Å². The minimum atomic E-state index is -4.66. The minimum absolute atomic E-state index is 0.521. The third kappa shape index (κ3) is 4.88. The zero-order valence-electron chi connectivity index (χ0n) is 15.6. The van der Waals surface area contributed by atoms with Crippen molar-refractivity contribution in [1.29, 1.82) is 0 Å². The number of halogens is 3. The van der Waals surface area contributed by atoms with Crippen LogP contribution in [0.3, 0.4) is 0 Å². The van der Waals surface area contributed by atoms with Gasteiger partial charge in [0, 0.05) is 24.5 Å². The molecule has 0 fully saturated rings. The third-order valence-corrected chi connectivity index (χ3v) is 6.04. The van der Waals surface area contributed by atoms with Gasteiger partial charge in [0.1, 0.15) is 0 Å². The molecule has 0 radical (unpaired) electrons. The Hall–Kier alpha value is -2.59. The molecule has 0 spiro atoms. The number of hydrogen-bond donors (Lipinski definition) is 2. The fraction of sp³-hybridized carbons (Fsp3) is 0.316. The molecule has 0 aliphatic carbocycles. The number of sulfonamides is 1. The number of rotatable bonds is 6. The van der Waals surface area contributed by atoms with Crippen molar-refractivity contribution in [1.82, 2.24) is 4.72 Å². The quantitative estimate of drug-likeness (QED) is 0.743. The summed E-state index contributed by atoms with van der Waals surface area (Å²) in [7, 11) is -4.27. The summed E-state index contributed by atoms with van der Waals surface area (Å²) in [5.41, 5.74) is 1.64. The van der Waals surface area contributed by atoms with Crippen LogP contribution in [0.5, 0.6) is 0 Å². The molecule has 1 aliphatic heterocycles. The molecule has 6 nitrogen and oxygen atoms in total. The monoisotopic (exact) mass is 427 g/mol. The number of likely N-dealkylation sites (N-methyl/N-ethyl adjacent to an activating group) is 1. The number of benzene rings is 2. The van der Waals surface area contributed by atoms with Gasteiger partial charge in [-0.2, -0.15) is 13.2 Å². The SMILES string of the molecule is CCN1CCc2ccc(NC(=O)CNS(=O)(=O)c3cccc(C(F)(F)F)c3)cc21. The van der Waals surface area contributed by atoms with Crippen LogP contribution in [0.1, 0.15) is 18.1 Å². The lowest BCUT2D eigenvalue weighted by Gasteiger charge is -2.17. The van der Waals surface area contributed by atoms with E-state index in [1.54, 1.807) is 6.07 Å². The van der Waals surface area contributed by atoms with Gasteiger partial charge < -0.3 is 10.2 Å². The summed E-state index contributed by atoms with van der Waals surface area (Å²) >= 11 is 0. The number of nitrogens with zero attached hydrogens (tertiary/aromatic N) is 1. The maximum absolute atomic E-state index is 12.8. The molecule has 2 aromatic carbocycles. The van der Waals surface area contributed by atoms with Crippen LogP contribution in [0.4, 0.5) is 24.5 Å². The average Bonchev–Trinajstić information content (AvgIpc) is 3.08. The Labute approximate surface area is 166 Å². The number of fused-ring (bicyclic) bond motifs is 1. The van der Waals surface area contributed by atoms with Gasteiger partial charge in [-0.05, 0) is 49.2 Å². The topological polar surface area (TPSA) is 78.5 Å². The van der Waals surface area contributed by atoms with E-state index in [2.05, 4.69) is 10.2 Å². The van der Waals surface area contributed by atoms with Gasteiger partial charge in [0.15, 0.2) is 0 Å². The van der Waals surface area contributed by atoms with E-state index in [9.17, 15) is 26.4 Å². The summed E-state index contributed by atoms with van der Waals surface area (Å²) in [6.07, 6.45) is -3.74. The highest BCUT2D eigenvalue weighted by Gasteiger charge is 2.31. The van der Waals surface area contributed by atoms with Gasteiger partial charge in [-0.25, -0.2) is 13.1 Å². The highest BCUT2D eigenvalue weighted by atomic mass is 32.2. The van der Waals surface area contributed by atoms with Crippen LogP contribution < -0.4 is 14.9 Å².